The van der Waals surface area contributed by atoms with E-state index in [-0.39, 0.29) is 11.5 Å². The lowest BCUT2D eigenvalue weighted by Gasteiger charge is -2.34. The average Bonchev–Trinajstić information content (AvgIpc) is 2.63. The van der Waals surface area contributed by atoms with Crippen LogP contribution in [-0.4, -0.2) is 62.1 Å². The quantitative estimate of drug-likeness (QED) is 0.589. The molecule has 2 rings (SSSR count). The summed E-state index contributed by atoms with van der Waals surface area (Å²) in [4.78, 5) is 16.5. The number of nitrogens with two attached hydrogens (primary N) is 1. The van der Waals surface area contributed by atoms with Gasteiger partial charge in [0, 0.05) is 45.5 Å². The Morgan fingerprint density at radius 1 is 1.40 bits per heavy atom. The third kappa shape index (κ3) is 4.95. The number of carbonyl (C=O) groups is 1. The largest absolute Gasteiger partial charge is 0.495 e. The number of methoxy groups -OCH3 is 1. The molecule has 25 heavy (non-hydrogen) atoms. The van der Waals surface area contributed by atoms with Gasteiger partial charge in [0.05, 0.1) is 12.8 Å². The van der Waals surface area contributed by atoms with E-state index >= 15 is 0 Å². The van der Waals surface area contributed by atoms with Crippen LogP contribution in [-0.2, 0) is 4.79 Å². The Morgan fingerprint density at radius 2 is 2.12 bits per heavy atom. The van der Waals surface area contributed by atoms with Gasteiger partial charge in [-0.25, -0.2) is 0 Å². The van der Waals surface area contributed by atoms with Crippen LogP contribution in [0.2, 0.25) is 0 Å². The van der Waals surface area contributed by atoms with Gasteiger partial charge in [0.25, 0.3) is 5.91 Å². The molecule has 1 aromatic carbocycles. The molecule has 0 spiro atoms. The Bertz CT molecular complexity index is 673. The minimum Gasteiger partial charge on any atom is -0.495 e. The first-order chi connectivity index (χ1) is 12.1. The Labute approximate surface area is 148 Å². The van der Waals surface area contributed by atoms with Gasteiger partial charge < -0.3 is 20.7 Å². The highest BCUT2D eigenvalue weighted by atomic mass is 16.5. The van der Waals surface area contributed by atoms with Crippen LogP contribution in [0.1, 0.15) is 5.56 Å². The van der Waals surface area contributed by atoms with E-state index in [0.29, 0.717) is 25.4 Å². The van der Waals surface area contributed by atoms with Crippen LogP contribution >= 0.6 is 0 Å². The Kier molecular flexibility index (Phi) is 6.81. The van der Waals surface area contributed by atoms with Crippen LogP contribution in [0.4, 0.5) is 5.69 Å². The second-order valence-corrected chi connectivity index (χ2v) is 5.94. The number of piperazine rings is 1. The van der Waals surface area contributed by atoms with E-state index in [1.807, 2.05) is 31.2 Å². The maximum Gasteiger partial charge on any atom is 0.266 e. The van der Waals surface area contributed by atoms with Crippen molar-refractivity contribution in [2.45, 2.75) is 6.92 Å². The predicted molar refractivity (Wildman–Crippen MR) is 97.1 cm³/mol. The normalized spacial score (nSPS) is 15.6. The van der Waals surface area contributed by atoms with Gasteiger partial charge in [-0.1, -0.05) is 6.07 Å². The number of amides is 1. The van der Waals surface area contributed by atoms with Gasteiger partial charge in [-0.2, -0.15) is 5.26 Å². The molecule has 0 saturated carbocycles. The van der Waals surface area contributed by atoms with Crippen molar-refractivity contribution in [2.75, 3.05) is 51.7 Å². The molecule has 0 bridgehead atoms. The maximum atomic E-state index is 12.6. The molecule has 1 heterocycles. The monoisotopic (exact) mass is 343 g/mol. The van der Waals surface area contributed by atoms with Crippen molar-refractivity contribution in [2.24, 2.45) is 5.73 Å². The van der Waals surface area contributed by atoms with Gasteiger partial charge in [-0.15, -0.1) is 0 Å². The summed E-state index contributed by atoms with van der Waals surface area (Å²) < 4.78 is 5.29. The molecule has 1 fully saturated rings. The zero-order valence-corrected chi connectivity index (χ0v) is 14.8. The van der Waals surface area contributed by atoms with E-state index in [9.17, 15) is 10.1 Å². The molecule has 0 unspecified atom stereocenters. The average molecular weight is 343 g/mol. The standard InChI is InChI=1S/C18H25N5O2/c1-14-3-4-17(25-2)16(11-14)21-13-15(12-20)18(24)23-9-7-22(6-5-19)8-10-23/h3-4,11,13,21H,5-10,19H2,1-2H3/b15-13-. The molecule has 3 N–H and O–H groups in total. The minimum atomic E-state index is -0.256. The molecule has 7 heteroatoms. The number of nitriles is 1. The summed E-state index contributed by atoms with van der Waals surface area (Å²) in [6.07, 6.45) is 1.45. The van der Waals surface area contributed by atoms with Crippen molar-refractivity contribution in [1.29, 1.82) is 5.26 Å². The molecule has 0 atom stereocenters. The number of carbonyl (C=O) groups excluding carboxylic acids is 1. The van der Waals surface area contributed by atoms with Crippen LogP contribution in [0.15, 0.2) is 30.0 Å². The van der Waals surface area contributed by atoms with Crippen LogP contribution in [0.5, 0.6) is 5.75 Å². The SMILES string of the molecule is COc1ccc(C)cc1N/C=C(/C#N)C(=O)N1CCN(CCN)CC1. The number of aryl methyl sites for hydroxylation is 1. The first-order valence-corrected chi connectivity index (χ1v) is 8.32. The number of hydrogen-bond donors (Lipinski definition) is 2. The highest BCUT2D eigenvalue weighted by Crippen LogP contribution is 2.25. The van der Waals surface area contributed by atoms with Crippen LogP contribution in [0, 0.1) is 18.3 Å². The van der Waals surface area contributed by atoms with Crippen molar-refractivity contribution >= 4 is 11.6 Å². The number of nitrogens with one attached hydrogen (secondary N) is 1. The van der Waals surface area contributed by atoms with Gasteiger partial charge in [-0.05, 0) is 24.6 Å². The summed E-state index contributed by atoms with van der Waals surface area (Å²) in [7, 11) is 1.58. The van der Waals surface area contributed by atoms with Crippen LogP contribution in [0.25, 0.3) is 0 Å². The summed E-state index contributed by atoms with van der Waals surface area (Å²) >= 11 is 0. The molecule has 0 aliphatic carbocycles. The molecular formula is C18H25N5O2. The van der Waals surface area contributed by atoms with Crippen molar-refractivity contribution in [3.8, 4) is 11.8 Å². The molecular weight excluding hydrogens is 318 g/mol. The first kappa shape index (κ1) is 18.8. The Hall–Kier alpha value is -2.56. The summed E-state index contributed by atoms with van der Waals surface area (Å²) in [6, 6.07) is 7.67. The van der Waals surface area contributed by atoms with E-state index in [2.05, 4.69) is 10.2 Å². The van der Waals surface area contributed by atoms with E-state index < -0.39 is 0 Å². The van der Waals surface area contributed by atoms with Crippen LogP contribution < -0.4 is 15.8 Å². The Morgan fingerprint density at radius 3 is 2.72 bits per heavy atom. The van der Waals surface area contributed by atoms with Crippen molar-refractivity contribution < 1.29 is 9.53 Å². The highest BCUT2D eigenvalue weighted by Gasteiger charge is 2.23. The second kappa shape index (κ2) is 9.06. The highest BCUT2D eigenvalue weighted by molar-refractivity contribution is 5.97. The van der Waals surface area contributed by atoms with E-state index in [4.69, 9.17) is 10.5 Å². The first-order valence-electron chi connectivity index (χ1n) is 8.32. The summed E-state index contributed by atoms with van der Waals surface area (Å²) in [5, 5.41) is 12.4. The molecule has 7 nitrogen and oxygen atoms in total. The van der Waals surface area contributed by atoms with Gasteiger partial charge >= 0.3 is 0 Å². The van der Waals surface area contributed by atoms with E-state index in [1.165, 1.54) is 6.20 Å². The smallest absolute Gasteiger partial charge is 0.266 e. The molecule has 134 valence electrons. The number of benzene rings is 1. The number of ether oxygens (including phenoxy) is 1. The Balaban J connectivity index is 2.04. The summed E-state index contributed by atoms with van der Waals surface area (Å²) in [5.41, 5.74) is 7.41. The molecule has 0 radical (unpaired) electrons. The van der Waals surface area contributed by atoms with Crippen LogP contribution in [0.3, 0.4) is 0 Å². The molecule has 1 aromatic rings. The number of hydrogen-bond acceptors (Lipinski definition) is 6. The zero-order valence-electron chi connectivity index (χ0n) is 14.8. The third-order valence-corrected chi connectivity index (χ3v) is 4.18. The molecule has 1 aliphatic heterocycles. The zero-order chi connectivity index (χ0) is 18.2. The molecule has 0 aromatic heterocycles. The molecule has 1 amide bonds. The number of anilines is 1. The van der Waals surface area contributed by atoms with Gasteiger partial charge in [0.2, 0.25) is 0 Å². The van der Waals surface area contributed by atoms with Gasteiger partial charge in [-0.3, -0.25) is 9.69 Å². The lowest BCUT2D eigenvalue weighted by molar-refractivity contribution is -0.128. The summed E-state index contributed by atoms with van der Waals surface area (Å²) in [5.74, 6) is 0.399. The number of nitrogens with zero attached hydrogens (tertiary/aromatic N) is 3. The van der Waals surface area contributed by atoms with Gasteiger partial charge in [0.15, 0.2) is 0 Å². The van der Waals surface area contributed by atoms with Crippen molar-refractivity contribution in [3.05, 3.63) is 35.5 Å². The minimum absolute atomic E-state index is 0.0795. The lowest BCUT2D eigenvalue weighted by Crippen LogP contribution is -2.50. The number of rotatable bonds is 6. The topological polar surface area (TPSA) is 94.6 Å². The van der Waals surface area contributed by atoms with Crippen molar-refractivity contribution in [3.63, 3.8) is 0 Å². The predicted octanol–water partition coefficient (Wildman–Crippen LogP) is 0.926. The fourth-order valence-corrected chi connectivity index (χ4v) is 2.75. The third-order valence-electron chi connectivity index (χ3n) is 4.18. The second-order valence-electron chi connectivity index (χ2n) is 5.94. The fourth-order valence-electron chi connectivity index (χ4n) is 2.75. The maximum absolute atomic E-state index is 12.6. The fraction of sp³-hybridized carbons (Fsp3) is 0.444. The van der Waals surface area contributed by atoms with Crippen molar-refractivity contribution in [1.82, 2.24) is 9.80 Å². The molecule has 1 saturated heterocycles. The summed E-state index contributed by atoms with van der Waals surface area (Å²) in [6.45, 7) is 6.17. The van der Waals surface area contributed by atoms with E-state index in [0.717, 1.165) is 30.9 Å². The molecule has 1 aliphatic rings. The van der Waals surface area contributed by atoms with Gasteiger partial charge in [0.1, 0.15) is 17.4 Å². The van der Waals surface area contributed by atoms with E-state index in [1.54, 1.807) is 12.0 Å². The lowest BCUT2D eigenvalue weighted by atomic mass is 10.2.